The van der Waals surface area contributed by atoms with Gasteiger partial charge in [0.1, 0.15) is 5.38 Å². The second-order valence-electron chi connectivity index (χ2n) is 4.13. The predicted molar refractivity (Wildman–Crippen MR) is 56.5 cm³/mol. The Morgan fingerprint density at radius 3 is 2.79 bits per heavy atom. The fourth-order valence-corrected chi connectivity index (χ4v) is 1.95. The van der Waals surface area contributed by atoms with Crippen LogP contribution in [0.15, 0.2) is 0 Å². The molecule has 14 heavy (non-hydrogen) atoms. The van der Waals surface area contributed by atoms with Gasteiger partial charge in [-0.3, -0.25) is 4.79 Å². The fourth-order valence-electron chi connectivity index (χ4n) is 1.81. The fraction of sp³-hybridized carbons (Fsp3) is 0.900. The molecule has 1 saturated heterocycles. The second kappa shape index (κ2) is 4.49. The monoisotopic (exact) mass is 219 g/mol. The zero-order valence-electron chi connectivity index (χ0n) is 9.05. The zero-order chi connectivity index (χ0) is 10.8. The number of amides is 1. The third kappa shape index (κ3) is 2.61. The molecule has 3 nitrogen and oxygen atoms in total. The summed E-state index contributed by atoms with van der Waals surface area (Å²) in [5, 5.41) is -0.436. The Morgan fingerprint density at radius 2 is 2.29 bits per heavy atom. The second-order valence-corrected chi connectivity index (χ2v) is 4.79. The Kier molecular flexibility index (Phi) is 3.78. The molecule has 0 aromatic rings. The molecule has 1 heterocycles. The van der Waals surface area contributed by atoms with E-state index in [-0.39, 0.29) is 11.5 Å². The van der Waals surface area contributed by atoms with Crippen LogP contribution in [0.3, 0.4) is 0 Å². The van der Waals surface area contributed by atoms with Crippen LogP contribution in [-0.2, 0) is 9.53 Å². The summed E-state index contributed by atoms with van der Waals surface area (Å²) in [5.41, 5.74) is -0.195. The Labute approximate surface area is 90.4 Å². The van der Waals surface area contributed by atoms with Crippen molar-refractivity contribution in [2.45, 2.75) is 37.7 Å². The van der Waals surface area contributed by atoms with Crippen LogP contribution in [0.25, 0.3) is 0 Å². The van der Waals surface area contributed by atoms with Gasteiger partial charge in [0.05, 0.1) is 5.60 Å². The van der Waals surface area contributed by atoms with Crippen LogP contribution >= 0.6 is 11.6 Å². The molecular weight excluding hydrogens is 202 g/mol. The minimum absolute atomic E-state index is 0.00893. The Bertz CT molecular complexity index is 220. The first-order chi connectivity index (χ1) is 6.48. The smallest absolute Gasteiger partial charge is 0.240 e. The molecule has 2 atom stereocenters. The Hall–Kier alpha value is -0.280. The highest BCUT2D eigenvalue weighted by Gasteiger charge is 2.33. The number of nitrogens with zero attached hydrogens (tertiary/aromatic N) is 1. The van der Waals surface area contributed by atoms with Crippen molar-refractivity contribution in [3.8, 4) is 0 Å². The number of carbonyl (C=O) groups is 1. The molecule has 0 bridgehead atoms. The van der Waals surface area contributed by atoms with Crippen molar-refractivity contribution in [3.63, 3.8) is 0 Å². The molecule has 0 aromatic carbocycles. The van der Waals surface area contributed by atoms with E-state index in [1.807, 2.05) is 6.92 Å². The van der Waals surface area contributed by atoms with Crippen molar-refractivity contribution >= 4 is 17.5 Å². The van der Waals surface area contributed by atoms with E-state index in [1.165, 1.54) is 0 Å². The summed E-state index contributed by atoms with van der Waals surface area (Å²) in [7, 11) is 1.69. The lowest BCUT2D eigenvalue weighted by atomic mass is 9.94. The first-order valence-corrected chi connectivity index (χ1v) is 5.40. The highest BCUT2D eigenvalue weighted by atomic mass is 35.5. The molecule has 0 aliphatic carbocycles. The van der Waals surface area contributed by atoms with Crippen molar-refractivity contribution in [2.75, 3.05) is 20.2 Å². The lowest BCUT2D eigenvalue weighted by Crippen LogP contribution is -2.51. The van der Waals surface area contributed by atoms with Crippen molar-refractivity contribution in [3.05, 3.63) is 0 Å². The molecule has 1 rings (SSSR count). The van der Waals surface area contributed by atoms with E-state index in [0.717, 1.165) is 19.4 Å². The topological polar surface area (TPSA) is 29.5 Å². The van der Waals surface area contributed by atoms with Crippen molar-refractivity contribution < 1.29 is 9.53 Å². The predicted octanol–water partition coefficient (Wildman–Crippen LogP) is 1.64. The van der Waals surface area contributed by atoms with Gasteiger partial charge in [0.25, 0.3) is 0 Å². The first kappa shape index (κ1) is 11.8. The molecule has 1 amide bonds. The van der Waals surface area contributed by atoms with Crippen LogP contribution in [0.5, 0.6) is 0 Å². The number of ether oxygens (including phenoxy) is 1. The summed E-state index contributed by atoms with van der Waals surface area (Å²) in [6.07, 6.45) is 1.99. The van der Waals surface area contributed by atoms with E-state index in [4.69, 9.17) is 16.3 Å². The zero-order valence-corrected chi connectivity index (χ0v) is 9.80. The first-order valence-electron chi connectivity index (χ1n) is 4.96. The molecule has 0 N–H and O–H groups in total. The molecule has 0 radical (unpaired) electrons. The average molecular weight is 220 g/mol. The number of rotatable bonds is 2. The van der Waals surface area contributed by atoms with E-state index in [1.54, 1.807) is 18.9 Å². The normalized spacial score (nSPS) is 30.1. The molecule has 0 aromatic heterocycles. The lowest BCUT2D eigenvalue weighted by molar-refractivity contribution is -0.138. The van der Waals surface area contributed by atoms with E-state index in [2.05, 4.69) is 0 Å². The van der Waals surface area contributed by atoms with Crippen LogP contribution in [0.1, 0.15) is 26.7 Å². The lowest BCUT2D eigenvalue weighted by Gasteiger charge is -2.39. The number of hydrogen-bond acceptors (Lipinski definition) is 2. The number of alkyl halides is 1. The van der Waals surface area contributed by atoms with Gasteiger partial charge in [0, 0.05) is 20.2 Å². The van der Waals surface area contributed by atoms with Crippen LogP contribution in [0, 0.1) is 0 Å². The van der Waals surface area contributed by atoms with Gasteiger partial charge >= 0.3 is 0 Å². The minimum atomic E-state index is -0.436. The number of halogens is 1. The number of piperidine rings is 1. The molecule has 82 valence electrons. The molecule has 1 aliphatic rings. The van der Waals surface area contributed by atoms with Crippen molar-refractivity contribution in [1.29, 1.82) is 0 Å². The molecule has 2 unspecified atom stereocenters. The SMILES string of the molecule is COC1(C)CCCN(C(=O)C(C)Cl)C1. The van der Waals surface area contributed by atoms with Gasteiger partial charge in [-0.15, -0.1) is 11.6 Å². The van der Waals surface area contributed by atoms with Gasteiger partial charge in [0.2, 0.25) is 5.91 Å². The van der Waals surface area contributed by atoms with Crippen LogP contribution in [0.4, 0.5) is 0 Å². The molecular formula is C10H18ClNO2. The largest absolute Gasteiger partial charge is 0.377 e. The number of carbonyl (C=O) groups excluding carboxylic acids is 1. The average Bonchev–Trinajstić information content (AvgIpc) is 2.16. The molecule has 4 heteroatoms. The van der Waals surface area contributed by atoms with Gasteiger partial charge in [-0.05, 0) is 26.7 Å². The van der Waals surface area contributed by atoms with E-state index >= 15 is 0 Å². The van der Waals surface area contributed by atoms with E-state index in [9.17, 15) is 4.79 Å². The summed E-state index contributed by atoms with van der Waals surface area (Å²) < 4.78 is 5.40. The van der Waals surface area contributed by atoms with E-state index in [0.29, 0.717) is 6.54 Å². The van der Waals surface area contributed by atoms with Gasteiger partial charge in [-0.1, -0.05) is 0 Å². The molecule has 1 aliphatic heterocycles. The summed E-state index contributed by atoms with van der Waals surface area (Å²) in [6.45, 7) is 5.20. The summed E-state index contributed by atoms with van der Waals surface area (Å²) in [6, 6.07) is 0. The minimum Gasteiger partial charge on any atom is -0.377 e. The van der Waals surface area contributed by atoms with Crippen LogP contribution < -0.4 is 0 Å². The third-order valence-corrected chi connectivity index (χ3v) is 2.99. The quantitative estimate of drug-likeness (QED) is 0.661. The van der Waals surface area contributed by atoms with Crippen LogP contribution in [-0.4, -0.2) is 42.0 Å². The highest BCUT2D eigenvalue weighted by Crippen LogP contribution is 2.24. The maximum absolute atomic E-state index is 11.6. The molecule has 1 fully saturated rings. The van der Waals surface area contributed by atoms with Gasteiger partial charge in [-0.25, -0.2) is 0 Å². The maximum Gasteiger partial charge on any atom is 0.240 e. The number of likely N-dealkylation sites (tertiary alicyclic amines) is 1. The van der Waals surface area contributed by atoms with Gasteiger partial charge in [0.15, 0.2) is 0 Å². The van der Waals surface area contributed by atoms with Crippen LogP contribution in [0.2, 0.25) is 0 Å². The maximum atomic E-state index is 11.6. The van der Waals surface area contributed by atoms with E-state index < -0.39 is 5.38 Å². The third-order valence-electron chi connectivity index (χ3n) is 2.80. The van der Waals surface area contributed by atoms with Crippen molar-refractivity contribution in [2.24, 2.45) is 0 Å². The molecule has 0 spiro atoms. The number of hydrogen-bond donors (Lipinski definition) is 0. The standard InChI is InChI=1S/C10H18ClNO2/c1-8(11)9(13)12-6-4-5-10(2,7-12)14-3/h8H,4-7H2,1-3H3. The summed E-state index contributed by atoms with van der Waals surface area (Å²) in [4.78, 5) is 13.4. The summed E-state index contributed by atoms with van der Waals surface area (Å²) in [5.74, 6) is 0.00893. The number of methoxy groups -OCH3 is 1. The summed E-state index contributed by atoms with van der Waals surface area (Å²) >= 11 is 5.77. The molecule has 0 saturated carbocycles. The Morgan fingerprint density at radius 1 is 1.64 bits per heavy atom. The van der Waals surface area contributed by atoms with Gasteiger partial charge < -0.3 is 9.64 Å². The van der Waals surface area contributed by atoms with Crippen molar-refractivity contribution in [1.82, 2.24) is 4.90 Å². The highest BCUT2D eigenvalue weighted by molar-refractivity contribution is 6.30. The van der Waals surface area contributed by atoms with Gasteiger partial charge in [-0.2, -0.15) is 0 Å². The Balaban J connectivity index is 2.60.